The molecule has 0 aliphatic heterocycles. The second-order valence-corrected chi connectivity index (χ2v) is 4.88. The van der Waals surface area contributed by atoms with Crippen molar-refractivity contribution in [1.29, 1.82) is 0 Å². The lowest BCUT2D eigenvalue weighted by Gasteiger charge is -2.11. The number of nitrogens with one attached hydrogen (secondary N) is 2. The van der Waals surface area contributed by atoms with Crippen LogP contribution in [0.2, 0.25) is 0 Å². The molecule has 5 nitrogen and oxygen atoms in total. The molecule has 19 heavy (non-hydrogen) atoms. The van der Waals surface area contributed by atoms with Gasteiger partial charge in [0, 0.05) is 0 Å². The summed E-state index contributed by atoms with van der Waals surface area (Å²) in [5, 5.41) is 0.614. The number of para-hydroxylation sites is 1. The smallest absolute Gasteiger partial charge is 0.258 e. The lowest BCUT2D eigenvalue weighted by Crippen LogP contribution is -2.24. The molecule has 1 aromatic carbocycles. The van der Waals surface area contributed by atoms with Gasteiger partial charge in [-0.25, -0.2) is 4.98 Å². The topological polar surface area (TPSA) is 67.0 Å². The van der Waals surface area contributed by atoms with Gasteiger partial charge < -0.3 is 4.98 Å². The number of hydroxylamine groups is 1. The predicted molar refractivity (Wildman–Crippen MR) is 72.5 cm³/mol. The first kappa shape index (κ1) is 12.3. The highest BCUT2D eigenvalue weighted by Gasteiger charge is 2.15. The van der Waals surface area contributed by atoms with Crippen LogP contribution in [0, 0.1) is 0 Å². The van der Waals surface area contributed by atoms with Crippen LogP contribution in [0.15, 0.2) is 29.1 Å². The monoisotopic (exact) mass is 259 g/mol. The maximum atomic E-state index is 11.9. The number of hydrogen-bond acceptors (Lipinski definition) is 4. The van der Waals surface area contributed by atoms with Crippen molar-refractivity contribution in [3.8, 4) is 0 Å². The van der Waals surface area contributed by atoms with Gasteiger partial charge in [0.25, 0.3) is 5.56 Å². The molecule has 0 unspecified atom stereocenters. The fourth-order valence-corrected chi connectivity index (χ4v) is 2.45. The van der Waals surface area contributed by atoms with Crippen LogP contribution >= 0.6 is 0 Å². The third-order valence-corrected chi connectivity index (χ3v) is 3.45. The number of aromatic amines is 1. The summed E-state index contributed by atoms with van der Waals surface area (Å²) in [4.78, 5) is 24.6. The zero-order valence-electron chi connectivity index (χ0n) is 10.7. The van der Waals surface area contributed by atoms with E-state index in [2.05, 4.69) is 15.4 Å². The third-order valence-electron chi connectivity index (χ3n) is 3.45. The number of aromatic nitrogens is 2. The Balaban J connectivity index is 1.69. The van der Waals surface area contributed by atoms with Gasteiger partial charge in [-0.3, -0.25) is 9.63 Å². The number of nitrogens with zero attached hydrogens (tertiary/aromatic N) is 1. The van der Waals surface area contributed by atoms with Crippen molar-refractivity contribution in [1.82, 2.24) is 15.4 Å². The highest BCUT2D eigenvalue weighted by Crippen LogP contribution is 2.19. The second-order valence-electron chi connectivity index (χ2n) is 4.88. The number of hydrogen-bond donors (Lipinski definition) is 2. The summed E-state index contributed by atoms with van der Waals surface area (Å²) in [6, 6.07) is 7.32. The molecule has 0 radical (unpaired) electrons. The Morgan fingerprint density at radius 2 is 2.11 bits per heavy atom. The van der Waals surface area contributed by atoms with Crippen LogP contribution in [0.5, 0.6) is 0 Å². The van der Waals surface area contributed by atoms with Gasteiger partial charge >= 0.3 is 0 Å². The molecule has 2 N–H and O–H groups in total. The van der Waals surface area contributed by atoms with E-state index in [0.717, 1.165) is 12.8 Å². The van der Waals surface area contributed by atoms with Gasteiger partial charge in [0.05, 0.1) is 23.6 Å². The van der Waals surface area contributed by atoms with E-state index >= 15 is 0 Å². The molecule has 2 aromatic rings. The highest BCUT2D eigenvalue weighted by atomic mass is 16.7. The van der Waals surface area contributed by atoms with Crippen LogP contribution in [0.25, 0.3) is 10.9 Å². The Morgan fingerprint density at radius 3 is 2.95 bits per heavy atom. The summed E-state index contributed by atoms with van der Waals surface area (Å²) in [5.74, 6) is 0.599. The molecule has 0 amide bonds. The van der Waals surface area contributed by atoms with Gasteiger partial charge in [-0.15, -0.1) is 0 Å². The van der Waals surface area contributed by atoms with E-state index in [1.54, 1.807) is 6.07 Å². The average Bonchev–Trinajstić information content (AvgIpc) is 2.92. The van der Waals surface area contributed by atoms with Crippen molar-refractivity contribution < 1.29 is 4.84 Å². The molecule has 1 saturated carbocycles. The maximum absolute atomic E-state index is 11.9. The first-order valence-electron chi connectivity index (χ1n) is 6.69. The van der Waals surface area contributed by atoms with Crippen LogP contribution in [0.1, 0.15) is 31.5 Å². The van der Waals surface area contributed by atoms with Gasteiger partial charge in [-0.05, 0) is 25.0 Å². The van der Waals surface area contributed by atoms with E-state index < -0.39 is 0 Å². The normalized spacial score (nSPS) is 16.2. The number of H-pyrrole nitrogens is 1. The summed E-state index contributed by atoms with van der Waals surface area (Å²) in [5.41, 5.74) is 3.51. The lowest BCUT2D eigenvalue weighted by molar-refractivity contribution is -0.0254. The van der Waals surface area contributed by atoms with Crippen molar-refractivity contribution >= 4 is 10.9 Å². The number of benzene rings is 1. The van der Waals surface area contributed by atoms with Crippen molar-refractivity contribution in [2.75, 3.05) is 0 Å². The molecule has 1 aliphatic carbocycles. The van der Waals surface area contributed by atoms with E-state index in [4.69, 9.17) is 4.84 Å². The van der Waals surface area contributed by atoms with Crippen molar-refractivity contribution in [2.45, 2.75) is 38.3 Å². The number of fused-ring (bicyclic) bond motifs is 1. The summed E-state index contributed by atoms with van der Waals surface area (Å²) in [6.45, 7) is 0.413. The van der Waals surface area contributed by atoms with Gasteiger partial charge in [0.15, 0.2) is 0 Å². The van der Waals surface area contributed by atoms with Gasteiger partial charge in [0.2, 0.25) is 0 Å². The van der Waals surface area contributed by atoms with E-state index in [9.17, 15) is 4.79 Å². The Kier molecular flexibility index (Phi) is 3.57. The van der Waals surface area contributed by atoms with Crippen molar-refractivity contribution in [3.63, 3.8) is 0 Å². The van der Waals surface area contributed by atoms with Crippen LogP contribution in [-0.2, 0) is 11.4 Å². The standard InChI is InChI=1S/C14H17N3O2/c18-14-11-7-3-4-8-12(11)16-13(17-14)9-15-19-10-5-1-2-6-10/h3-4,7-8,10,15H,1-2,5-6,9H2,(H,16,17,18). The molecule has 1 aliphatic rings. The van der Waals surface area contributed by atoms with Crippen molar-refractivity contribution in [2.24, 2.45) is 0 Å². The van der Waals surface area contributed by atoms with E-state index in [1.807, 2.05) is 18.2 Å². The third kappa shape index (κ3) is 2.83. The summed E-state index contributed by atoms with van der Waals surface area (Å²) in [6.07, 6.45) is 4.98. The Bertz CT molecular complexity index is 617. The zero-order chi connectivity index (χ0) is 13.1. The van der Waals surface area contributed by atoms with Crippen molar-refractivity contribution in [3.05, 3.63) is 40.4 Å². The molecule has 3 rings (SSSR count). The first-order valence-corrected chi connectivity index (χ1v) is 6.69. The molecule has 100 valence electrons. The van der Waals surface area contributed by atoms with Crippen LogP contribution < -0.4 is 11.0 Å². The molecular formula is C14H17N3O2. The predicted octanol–water partition coefficient (Wildman–Crippen LogP) is 1.89. The molecule has 0 atom stereocenters. The SMILES string of the molecule is O=c1[nH]c(CNOC2CCCC2)nc2ccccc12. The zero-order valence-corrected chi connectivity index (χ0v) is 10.7. The molecule has 0 saturated heterocycles. The van der Waals surface area contributed by atoms with Crippen LogP contribution in [0.4, 0.5) is 0 Å². The highest BCUT2D eigenvalue weighted by molar-refractivity contribution is 5.77. The molecule has 1 fully saturated rings. The Morgan fingerprint density at radius 1 is 1.32 bits per heavy atom. The fraction of sp³-hybridized carbons (Fsp3) is 0.429. The van der Waals surface area contributed by atoms with E-state index in [0.29, 0.717) is 29.4 Å². The quantitative estimate of drug-likeness (QED) is 0.823. The van der Waals surface area contributed by atoms with Gasteiger partial charge in [-0.1, -0.05) is 25.0 Å². The van der Waals surface area contributed by atoms with Gasteiger partial charge in [-0.2, -0.15) is 5.48 Å². The minimum atomic E-state index is -0.108. The Hall–Kier alpha value is -1.72. The fourth-order valence-electron chi connectivity index (χ4n) is 2.45. The molecule has 5 heteroatoms. The molecular weight excluding hydrogens is 242 g/mol. The minimum Gasteiger partial charge on any atom is -0.309 e. The largest absolute Gasteiger partial charge is 0.309 e. The summed E-state index contributed by atoms with van der Waals surface area (Å²) < 4.78 is 0. The van der Waals surface area contributed by atoms with E-state index in [-0.39, 0.29) is 5.56 Å². The number of rotatable bonds is 4. The lowest BCUT2D eigenvalue weighted by atomic mass is 10.2. The average molecular weight is 259 g/mol. The summed E-state index contributed by atoms with van der Waals surface area (Å²) >= 11 is 0. The van der Waals surface area contributed by atoms with Crippen LogP contribution in [0.3, 0.4) is 0 Å². The molecule has 0 bridgehead atoms. The van der Waals surface area contributed by atoms with Crippen LogP contribution in [-0.4, -0.2) is 16.1 Å². The maximum Gasteiger partial charge on any atom is 0.258 e. The molecule has 0 spiro atoms. The molecule has 1 aromatic heterocycles. The minimum absolute atomic E-state index is 0.108. The summed E-state index contributed by atoms with van der Waals surface area (Å²) in [7, 11) is 0. The van der Waals surface area contributed by atoms with Gasteiger partial charge in [0.1, 0.15) is 5.82 Å². The first-order chi connectivity index (χ1) is 9.33. The Labute approximate surface area is 111 Å². The molecule has 1 heterocycles. The second kappa shape index (κ2) is 5.50. The van der Waals surface area contributed by atoms with E-state index in [1.165, 1.54) is 12.8 Å².